The van der Waals surface area contributed by atoms with E-state index in [9.17, 15) is 8.42 Å². The molecule has 0 saturated carbocycles. The summed E-state index contributed by atoms with van der Waals surface area (Å²) in [5.74, 6) is 0. The molecule has 0 spiro atoms. The van der Waals surface area contributed by atoms with Gasteiger partial charge in [-0.25, -0.2) is 8.42 Å². The Balaban J connectivity index is 2.03. The van der Waals surface area contributed by atoms with Gasteiger partial charge in [0.25, 0.3) is 0 Å². The summed E-state index contributed by atoms with van der Waals surface area (Å²) in [7, 11) is -3.41. The third kappa shape index (κ3) is 2.35. The fourth-order valence-corrected chi connectivity index (χ4v) is 5.96. The van der Waals surface area contributed by atoms with Gasteiger partial charge >= 0.3 is 0 Å². The van der Waals surface area contributed by atoms with Gasteiger partial charge in [-0.15, -0.1) is 0 Å². The second-order valence-corrected chi connectivity index (χ2v) is 7.81. The number of rotatable bonds is 2. The summed E-state index contributed by atoms with van der Waals surface area (Å²) in [4.78, 5) is 0.383. The molecule has 2 unspecified atom stereocenters. The van der Waals surface area contributed by atoms with E-state index in [1.165, 1.54) is 0 Å². The maximum atomic E-state index is 12.9. The molecule has 0 radical (unpaired) electrons. The minimum atomic E-state index is -3.41. The number of nitrogens with one attached hydrogen (secondary N) is 1. The molecule has 1 aromatic carbocycles. The van der Waals surface area contributed by atoms with E-state index in [1.54, 1.807) is 22.5 Å². The van der Waals surface area contributed by atoms with Crippen molar-refractivity contribution in [1.29, 1.82) is 0 Å². The van der Waals surface area contributed by atoms with Crippen molar-refractivity contribution in [2.45, 2.75) is 36.2 Å². The fraction of sp³-hybridized carbons (Fsp3) is 0.538. The number of halogens is 1. The van der Waals surface area contributed by atoms with Gasteiger partial charge in [0.1, 0.15) is 0 Å². The van der Waals surface area contributed by atoms with Gasteiger partial charge in [0, 0.05) is 23.1 Å². The first-order valence-electron chi connectivity index (χ1n) is 6.59. The van der Waals surface area contributed by atoms with Crippen molar-refractivity contribution >= 4 is 26.0 Å². The molecule has 1 N–H and O–H groups in total. The zero-order valence-corrected chi connectivity index (χ0v) is 13.0. The summed E-state index contributed by atoms with van der Waals surface area (Å²) in [6.45, 7) is 1.67. The Morgan fingerprint density at radius 2 is 1.89 bits per heavy atom. The van der Waals surface area contributed by atoms with Crippen LogP contribution in [0.5, 0.6) is 0 Å². The van der Waals surface area contributed by atoms with Crippen LogP contribution >= 0.6 is 15.9 Å². The van der Waals surface area contributed by atoms with Gasteiger partial charge in [0.2, 0.25) is 10.0 Å². The molecule has 3 rings (SSSR count). The average Bonchev–Trinajstić information content (AvgIpc) is 2.64. The first kappa shape index (κ1) is 13.5. The molecular formula is C13H17BrN2O2S. The highest BCUT2D eigenvalue weighted by molar-refractivity contribution is 9.10. The second kappa shape index (κ2) is 5.16. The van der Waals surface area contributed by atoms with Crippen molar-refractivity contribution in [3.05, 3.63) is 28.7 Å². The standard InChI is InChI=1S/C13H17BrN2O2S/c14-12-3-1-2-4-13(12)19(17,18)16-10-5-6-11(16)9-15-8-7-10/h1-4,10-11,15H,5-9H2. The molecule has 0 aliphatic carbocycles. The number of hydrogen-bond donors (Lipinski definition) is 1. The Morgan fingerprint density at radius 1 is 1.16 bits per heavy atom. The lowest BCUT2D eigenvalue weighted by Crippen LogP contribution is -2.42. The highest BCUT2D eigenvalue weighted by atomic mass is 79.9. The molecule has 2 aliphatic heterocycles. The summed E-state index contributed by atoms with van der Waals surface area (Å²) < 4.78 is 28.2. The van der Waals surface area contributed by atoms with E-state index in [-0.39, 0.29) is 12.1 Å². The molecule has 1 aromatic rings. The van der Waals surface area contributed by atoms with Gasteiger partial charge in [0.15, 0.2) is 0 Å². The van der Waals surface area contributed by atoms with Crippen molar-refractivity contribution < 1.29 is 8.42 Å². The van der Waals surface area contributed by atoms with Crippen LogP contribution in [0.2, 0.25) is 0 Å². The van der Waals surface area contributed by atoms with Crippen molar-refractivity contribution in [2.75, 3.05) is 13.1 Å². The van der Waals surface area contributed by atoms with Gasteiger partial charge < -0.3 is 5.32 Å². The van der Waals surface area contributed by atoms with Crippen molar-refractivity contribution in [3.63, 3.8) is 0 Å². The fourth-order valence-electron chi connectivity index (χ4n) is 3.10. The van der Waals surface area contributed by atoms with E-state index in [1.807, 2.05) is 6.07 Å². The molecule has 0 aromatic heterocycles. The van der Waals surface area contributed by atoms with Gasteiger partial charge in [-0.1, -0.05) is 12.1 Å². The summed E-state index contributed by atoms with van der Waals surface area (Å²) in [5.41, 5.74) is 0. The van der Waals surface area contributed by atoms with Crippen molar-refractivity contribution in [2.24, 2.45) is 0 Å². The molecule has 4 nitrogen and oxygen atoms in total. The molecule has 0 amide bonds. The van der Waals surface area contributed by atoms with E-state index in [0.717, 1.165) is 32.4 Å². The third-order valence-corrected chi connectivity index (χ3v) is 7.00. The lowest BCUT2D eigenvalue weighted by Gasteiger charge is -2.27. The molecule has 6 heteroatoms. The Hall–Kier alpha value is -0.430. The van der Waals surface area contributed by atoms with Crippen LogP contribution in [0.1, 0.15) is 19.3 Å². The molecule has 104 valence electrons. The summed E-state index contributed by atoms with van der Waals surface area (Å²) in [6.07, 6.45) is 2.84. The Morgan fingerprint density at radius 3 is 2.68 bits per heavy atom. The molecule has 2 heterocycles. The third-order valence-electron chi connectivity index (χ3n) is 3.98. The van der Waals surface area contributed by atoms with E-state index < -0.39 is 10.0 Å². The minimum absolute atomic E-state index is 0.101. The van der Waals surface area contributed by atoms with Crippen LogP contribution in [-0.2, 0) is 10.0 Å². The SMILES string of the molecule is O=S(=O)(c1ccccc1Br)N1C2CCNCC1CC2. The van der Waals surface area contributed by atoms with Crippen LogP contribution in [0.25, 0.3) is 0 Å². The predicted molar refractivity (Wildman–Crippen MR) is 77.5 cm³/mol. The average molecular weight is 345 g/mol. The zero-order chi connectivity index (χ0) is 13.5. The highest BCUT2D eigenvalue weighted by Crippen LogP contribution is 2.35. The molecule has 2 aliphatic rings. The normalized spacial score (nSPS) is 28.3. The van der Waals surface area contributed by atoms with Gasteiger partial charge in [-0.05, 0) is 53.9 Å². The summed E-state index contributed by atoms with van der Waals surface area (Å²) in [5, 5.41) is 3.33. The monoisotopic (exact) mass is 344 g/mol. The Bertz CT molecular complexity index is 562. The number of sulfonamides is 1. The van der Waals surface area contributed by atoms with Gasteiger partial charge in [0.05, 0.1) is 4.90 Å². The largest absolute Gasteiger partial charge is 0.315 e. The topological polar surface area (TPSA) is 49.4 Å². The first-order valence-corrected chi connectivity index (χ1v) is 8.83. The van der Waals surface area contributed by atoms with Gasteiger partial charge in [-0.3, -0.25) is 0 Å². The quantitative estimate of drug-likeness (QED) is 0.892. The van der Waals surface area contributed by atoms with E-state index in [0.29, 0.717) is 9.37 Å². The summed E-state index contributed by atoms with van der Waals surface area (Å²) in [6, 6.07) is 7.32. The maximum absolute atomic E-state index is 12.9. The van der Waals surface area contributed by atoms with E-state index >= 15 is 0 Å². The lowest BCUT2D eigenvalue weighted by molar-refractivity contribution is 0.334. The number of nitrogens with zero attached hydrogens (tertiary/aromatic N) is 1. The molecule has 2 atom stereocenters. The van der Waals surface area contributed by atoms with Crippen LogP contribution in [0, 0.1) is 0 Å². The minimum Gasteiger partial charge on any atom is -0.315 e. The second-order valence-electron chi connectivity index (χ2n) is 5.14. The smallest absolute Gasteiger partial charge is 0.244 e. The molecule has 19 heavy (non-hydrogen) atoms. The first-order chi connectivity index (χ1) is 9.10. The summed E-state index contributed by atoms with van der Waals surface area (Å²) >= 11 is 3.36. The van der Waals surface area contributed by atoms with Crippen LogP contribution in [-0.4, -0.2) is 37.9 Å². The van der Waals surface area contributed by atoms with E-state index in [4.69, 9.17) is 0 Å². The lowest BCUT2D eigenvalue weighted by atomic mass is 10.1. The van der Waals surface area contributed by atoms with Gasteiger partial charge in [-0.2, -0.15) is 4.31 Å². The van der Waals surface area contributed by atoms with Crippen molar-refractivity contribution in [3.8, 4) is 0 Å². The van der Waals surface area contributed by atoms with Crippen molar-refractivity contribution in [1.82, 2.24) is 9.62 Å². The number of benzene rings is 1. The van der Waals surface area contributed by atoms with Crippen LogP contribution < -0.4 is 5.32 Å². The zero-order valence-electron chi connectivity index (χ0n) is 10.5. The molecule has 2 fully saturated rings. The maximum Gasteiger partial charge on any atom is 0.244 e. The molecule has 2 saturated heterocycles. The molecule has 2 bridgehead atoms. The van der Waals surface area contributed by atoms with E-state index in [2.05, 4.69) is 21.2 Å². The van der Waals surface area contributed by atoms with Crippen LogP contribution in [0.3, 0.4) is 0 Å². The molecular weight excluding hydrogens is 328 g/mol. The highest BCUT2D eigenvalue weighted by Gasteiger charge is 2.43. The van der Waals surface area contributed by atoms with Crippen LogP contribution in [0.15, 0.2) is 33.6 Å². The number of fused-ring (bicyclic) bond motifs is 2. The Kier molecular flexibility index (Phi) is 3.68. The number of hydrogen-bond acceptors (Lipinski definition) is 3. The predicted octanol–water partition coefficient (Wildman–Crippen LogP) is 1.96. The van der Waals surface area contributed by atoms with Crippen LogP contribution in [0.4, 0.5) is 0 Å². The Labute approximate surface area is 122 Å².